The molecule has 0 saturated heterocycles. The molecule has 0 aliphatic heterocycles. The van der Waals surface area contributed by atoms with E-state index in [1.165, 1.54) is 0 Å². The van der Waals surface area contributed by atoms with Crippen LogP contribution in [0.25, 0.3) is 0 Å². The Hall–Kier alpha value is -1.58. The number of ether oxygens (including phenoxy) is 1. The molecule has 0 aliphatic carbocycles. The van der Waals surface area contributed by atoms with Crippen LogP contribution >= 0.6 is 0 Å². The van der Waals surface area contributed by atoms with Crippen molar-refractivity contribution >= 4 is 16.5 Å². The second-order valence-corrected chi connectivity index (χ2v) is 7.65. The van der Waals surface area contributed by atoms with Crippen LogP contribution in [0.15, 0.2) is 18.2 Å². The van der Waals surface area contributed by atoms with Gasteiger partial charge in [0.25, 0.3) is 0 Å². The minimum Gasteiger partial charge on any atom is -0.489 e. The van der Waals surface area contributed by atoms with Gasteiger partial charge in [0.05, 0.1) is 11.7 Å². The standard InChI is InChI=1S/C18H28N2O3S/c1-4-10-24(22)17(5-2)8-9-20-16-7-6-15(12-19)18(11-16)23-13-14(3)21/h6-7,11,14,17,20-21H,4-5,8-10,13H2,1-3H3. The third kappa shape index (κ3) is 6.90. The van der Waals surface area contributed by atoms with E-state index in [4.69, 9.17) is 10.00 Å². The molecule has 6 heteroatoms. The van der Waals surface area contributed by atoms with Gasteiger partial charge in [-0.15, -0.1) is 0 Å². The Morgan fingerprint density at radius 3 is 2.75 bits per heavy atom. The molecule has 0 aromatic heterocycles. The Morgan fingerprint density at radius 1 is 1.42 bits per heavy atom. The van der Waals surface area contributed by atoms with Crippen LogP contribution in [0, 0.1) is 11.3 Å². The van der Waals surface area contributed by atoms with Crippen LogP contribution < -0.4 is 10.1 Å². The fraction of sp³-hybridized carbons (Fsp3) is 0.611. The highest BCUT2D eigenvalue weighted by molar-refractivity contribution is 7.85. The number of nitrogens with one attached hydrogen (secondary N) is 1. The van der Waals surface area contributed by atoms with Crippen molar-refractivity contribution in [3.8, 4) is 11.8 Å². The third-order valence-electron chi connectivity index (χ3n) is 3.61. The Kier molecular flexibility index (Phi) is 9.43. The van der Waals surface area contributed by atoms with Gasteiger partial charge < -0.3 is 15.2 Å². The van der Waals surface area contributed by atoms with Crippen molar-refractivity contribution in [2.24, 2.45) is 0 Å². The number of hydrogen-bond donors (Lipinski definition) is 2. The van der Waals surface area contributed by atoms with E-state index in [2.05, 4.69) is 18.3 Å². The first-order valence-corrected chi connectivity index (χ1v) is 9.86. The maximum absolute atomic E-state index is 12.1. The Balaban J connectivity index is 2.63. The minimum atomic E-state index is -0.769. The smallest absolute Gasteiger partial charge is 0.139 e. The molecule has 3 atom stereocenters. The molecule has 24 heavy (non-hydrogen) atoms. The van der Waals surface area contributed by atoms with Crippen LogP contribution in [0.4, 0.5) is 5.69 Å². The van der Waals surface area contributed by atoms with Crippen molar-refractivity contribution in [1.82, 2.24) is 0 Å². The molecule has 5 nitrogen and oxygen atoms in total. The molecule has 0 radical (unpaired) electrons. The molecule has 0 heterocycles. The summed E-state index contributed by atoms with van der Waals surface area (Å²) in [5, 5.41) is 21.9. The zero-order valence-corrected chi connectivity index (χ0v) is 15.6. The van der Waals surface area contributed by atoms with Gasteiger partial charge in [-0.3, -0.25) is 4.21 Å². The molecule has 0 spiro atoms. The highest BCUT2D eigenvalue weighted by atomic mass is 32.2. The van der Waals surface area contributed by atoms with E-state index in [1.807, 2.05) is 13.0 Å². The first kappa shape index (κ1) is 20.5. The van der Waals surface area contributed by atoms with Crippen LogP contribution in [0.2, 0.25) is 0 Å². The van der Waals surface area contributed by atoms with E-state index in [0.29, 0.717) is 11.3 Å². The molecular formula is C18H28N2O3S. The summed E-state index contributed by atoms with van der Waals surface area (Å²) in [5.74, 6) is 1.22. The lowest BCUT2D eigenvalue weighted by atomic mass is 10.2. The van der Waals surface area contributed by atoms with Crippen LogP contribution in [0.3, 0.4) is 0 Å². The Morgan fingerprint density at radius 2 is 2.17 bits per heavy atom. The van der Waals surface area contributed by atoms with E-state index in [9.17, 15) is 9.32 Å². The van der Waals surface area contributed by atoms with Crippen molar-refractivity contribution in [1.29, 1.82) is 5.26 Å². The number of benzene rings is 1. The molecule has 3 unspecified atom stereocenters. The number of nitrogens with zero attached hydrogens (tertiary/aromatic N) is 1. The summed E-state index contributed by atoms with van der Waals surface area (Å²) in [6, 6.07) is 7.38. The summed E-state index contributed by atoms with van der Waals surface area (Å²) in [7, 11) is -0.769. The Bertz CT molecular complexity index is 570. The van der Waals surface area contributed by atoms with Gasteiger partial charge in [0.2, 0.25) is 0 Å². The monoisotopic (exact) mass is 352 g/mol. The lowest BCUT2D eigenvalue weighted by molar-refractivity contribution is 0.122. The van der Waals surface area contributed by atoms with Crippen molar-refractivity contribution in [3.05, 3.63) is 23.8 Å². The molecule has 134 valence electrons. The predicted molar refractivity (Wildman–Crippen MR) is 98.8 cm³/mol. The lowest BCUT2D eigenvalue weighted by Crippen LogP contribution is -2.20. The van der Waals surface area contributed by atoms with Crippen molar-refractivity contribution < 1.29 is 14.1 Å². The fourth-order valence-corrected chi connectivity index (χ4v) is 3.81. The first-order valence-electron chi connectivity index (χ1n) is 8.47. The average Bonchev–Trinajstić information content (AvgIpc) is 2.57. The maximum Gasteiger partial charge on any atom is 0.139 e. The van der Waals surface area contributed by atoms with E-state index >= 15 is 0 Å². The largest absolute Gasteiger partial charge is 0.489 e. The summed E-state index contributed by atoms with van der Waals surface area (Å²) in [5.41, 5.74) is 1.29. The normalized spacial score (nSPS) is 14.5. The summed E-state index contributed by atoms with van der Waals surface area (Å²) in [6.07, 6.45) is 2.10. The number of aliphatic hydroxyl groups excluding tert-OH is 1. The molecule has 0 aliphatic rings. The highest BCUT2D eigenvalue weighted by Gasteiger charge is 2.13. The molecule has 0 amide bonds. The van der Waals surface area contributed by atoms with Crippen LogP contribution in [-0.2, 0) is 10.8 Å². The van der Waals surface area contributed by atoms with Crippen molar-refractivity contribution in [3.63, 3.8) is 0 Å². The van der Waals surface area contributed by atoms with Gasteiger partial charge >= 0.3 is 0 Å². The molecule has 1 aromatic rings. The van der Waals surface area contributed by atoms with Gasteiger partial charge in [-0.05, 0) is 38.3 Å². The molecule has 1 rings (SSSR count). The summed E-state index contributed by atoms with van der Waals surface area (Å²) < 4.78 is 17.6. The summed E-state index contributed by atoms with van der Waals surface area (Å²) in [6.45, 7) is 6.62. The minimum absolute atomic E-state index is 0.145. The molecular weight excluding hydrogens is 324 g/mol. The zero-order chi connectivity index (χ0) is 17.9. The number of aliphatic hydroxyl groups is 1. The van der Waals surface area contributed by atoms with Gasteiger partial charge in [0, 0.05) is 40.1 Å². The van der Waals surface area contributed by atoms with E-state index in [1.54, 1.807) is 19.1 Å². The topological polar surface area (TPSA) is 82.4 Å². The van der Waals surface area contributed by atoms with E-state index in [-0.39, 0.29) is 11.9 Å². The van der Waals surface area contributed by atoms with Crippen LogP contribution in [0.1, 0.15) is 45.6 Å². The number of hydrogen-bond acceptors (Lipinski definition) is 5. The van der Waals surface area contributed by atoms with Gasteiger partial charge in [-0.1, -0.05) is 13.8 Å². The van der Waals surface area contributed by atoms with Gasteiger partial charge in [-0.25, -0.2) is 0 Å². The van der Waals surface area contributed by atoms with E-state index < -0.39 is 16.9 Å². The molecule has 0 bridgehead atoms. The SMILES string of the molecule is CCCS(=O)C(CC)CCNc1ccc(C#N)c(OCC(C)O)c1. The average molecular weight is 353 g/mol. The molecule has 0 fully saturated rings. The van der Waals surface area contributed by atoms with Crippen LogP contribution in [0.5, 0.6) is 5.75 Å². The highest BCUT2D eigenvalue weighted by Crippen LogP contribution is 2.23. The number of rotatable bonds is 11. The second kappa shape index (κ2) is 11.1. The Labute approximate surface area is 147 Å². The predicted octanol–water partition coefficient (Wildman–Crippen LogP) is 3.06. The van der Waals surface area contributed by atoms with Crippen LogP contribution in [-0.4, -0.2) is 39.6 Å². The third-order valence-corrected chi connectivity index (χ3v) is 5.73. The molecule has 1 aromatic carbocycles. The van der Waals surface area contributed by atoms with Crippen molar-refractivity contribution in [2.45, 2.75) is 51.4 Å². The van der Waals surface area contributed by atoms with Gasteiger partial charge in [0.1, 0.15) is 18.4 Å². The fourth-order valence-electron chi connectivity index (χ4n) is 2.32. The summed E-state index contributed by atoms with van der Waals surface area (Å²) in [4.78, 5) is 0. The first-order chi connectivity index (χ1) is 11.5. The van der Waals surface area contributed by atoms with Gasteiger partial charge in [0.15, 0.2) is 0 Å². The number of anilines is 1. The molecule has 2 N–H and O–H groups in total. The number of nitriles is 1. The molecule has 0 saturated carbocycles. The van der Waals surface area contributed by atoms with E-state index in [0.717, 1.165) is 37.2 Å². The van der Waals surface area contributed by atoms with Crippen molar-refractivity contribution in [2.75, 3.05) is 24.2 Å². The zero-order valence-electron chi connectivity index (χ0n) is 14.7. The second-order valence-electron chi connectivity index (χ2n) is 5.81. The maximum atomic E-state index is 12.1. The quantitative estimate of drug-likeness (QED) is 0.639. The summed E-state index contributed by atoms with van der Waals surface area (Å²) >= 11 is 0. The van der Waals surface area contributed by atoms with Gasteiger partial charge in [-0.2, -0.15) is 5.26 Å². The lowest BCUT2D eigenvalue weighted by Gasteiger charge is -2.16.